The largest absolute Gasteiger partial charge is 0.390 e. The second-order valence-corrected chi connectivity index (χ2v) is 8.08. The molecule has 0 fully saturated rings. The van der Waals surface area contributed by atoms with Gasteiger partial charge in [-0.3, -0.25) is 4.79 Å². The fourth-order valence-electron chi connectivity index (χ4n) is 3.75. The van der Waals surface area contributed by atoms with Crippen LogP contribution in [-0.2, 0) is 24.1 Å². The number of aliphatic hydroxyl groups is 1. The minimum absolute atomic E-state index is 0.137. The molecule has 2 rings (SSSR count). The van der Waals surface area contributed by atoms with E-state index in [2.05, 4.69) is 48.7 Å². The number of halogens is 2. The van der Waals surface area contributed by atoms with Gasteiger partial charge in [0.05, 0.1) is 12.1 Å². The van der Waals surface area contributed by atoms with Crippen LogP contribution in [0.15, 0.2) is 42.5 Å². The Bertz CT molecular complexity index is 824. The molecule has 4 nitrogen and oxygen atoms in total. The van der Waals surface area contributed by atoms with Crippen LogP contribution in [0, 0.1) is 11.6 Å². The highest BCUT2D eigenvalue weighted by Crippen LogP contribution is 2.13. The number of nitrogens with one attached hydrogen (secondary N) is 2. The van der Waals surface area contributed by atoms with E-state index < -0.39 is 23.8 Å². The summed E-state index contributed by atoms with van der Waals surface area (Å²) in [6.45, 7) is 5.86. The van der Waals surface area contributed by atoms with E-state index in [1.54, 1.807) is 0 Å². The predicted molar refractivity (Wildman–Crippen MR) is 120 cm³/mol. The van der Waals surface area contributed by atoms with Crippen LogP contribution in [0.5, 0.6) is 0 Å². The summed E-state index contributed by atoms with van der Waals surface area (Å²) in [5.41, 5.74) is 3.00. The molecule has 2 aromatic rings. The van der Waals surface area contributed by atoms with Gasteiger partial charge in [-0.2, -0.15) is 0 Å². The molecule has 0 bridgehead atoms. The molecule has 2 aromatic carbocycles. The number of hydrogen-bond donors (Lipinski definition) is 3. The number of benzene rings is 2. The Hall–Kier alpha value is -2.31. The van der Waals surface area contributed by atoms with E-state index in [1.807, 2.05) is 0 Å². The zero-order valence-electron chi connectivity index (χ0n) is 18.6. The first kappa shape index (κ1) is 25.0. The SMILES string of the molecule is CCc1cccc(CCC(CC)NC[C@H](O)[C@H](Cc2cc(F)cc(F)c2)NC(C)=O)c1. The van der Waals surface area contributed by atoms with E-state index in [9.17, 15) is 18.7 Å². The average molecular weight is 433 g/mol. The first-order valence-corrected chi connectivity index (χ1v) is 11.0. The molecule has 1 amide bonds. The molecule has 0 aliphatic rings. The van der Waals surface area contributed by atoms with Crippen molar-refractivity contribution in [3.05, 3.63) is 70.8 Å². The summed E-state index contributed by atoms with van der Waals surface area (Å²) >= 11 is 0. The third kappa shape index (κ3) is 8.75. The second-order valence-electron chi connectivity index (χ2n) is 8.08. The van der Waals surface area contributed by atoms with E-state index in [0.717, 1.165) is 31.7 Å². The standard InChI is InChI=1S/C25H34F2N2O2/c1-4-18-7-6-8-19(11-18)9-10-23(5-2)28-16-25(31)24(29-17(3)30)14-20-12-21(26)15-22(27)13-20/h6-8,11-13,15,23-25,28,31H,4-5,9-10,14,16H2,1-3H3,(H,29,30)/t23?,24-,25-/m0/s1. The van der Waals surface area contributed by atoms with Crippen LogP contribution >= 0.6 is 0 Å². The van der Waals surface area contributed by atoms with Gasteiger partial charge in [-0.15, -0.1) is 0 Å². The van der Waals surface area contributed by atoms with Crippen molar-refractivity contribution in [3.63, 3.8) is 0 Å². The molecule has 0 heterocycles. The van der Waals surface area contributed by atoms with Crippen molar-refractivity contribution < 1.29 is 18.7 Å². The molecule has 1 unspecified atom stereocenters. The molecule has 0 saturated carbocycles. The Morgan fingerprint density at radius 1 is 1.03 bits per heavy atom. The van der Waals surface area contributed by atoms with E-state index in [4.69, 9.17) is 0 Å². The highest BCUT2D eigenvalue weighted by molar-refractivity contribution is 5.73. The van der Waals surface area contributed by atoms with Gasteiger partial charge in [0.15, 0.2) is 0 Å². The van der Waals surface area contributed by atoms with E-state index in [0.29, 0.717) is 5.56 Å². The first-order chi connectivity index (χ1) is 14.8. The van der Waals surface area contributed by atoms with Gasteiger partial charge in [0.25, 0.3) is 0 Å². The monoisotopic (exact) mass is 432 g/mol. The molecule has 0 aliphatic carbocycles. The lowest BCUT2D eigenvalue weighted by Crippen LogP contribution is -2.49. The van der Waals surface area contributed by atoms with Gasteiger partial charge in [-0.25, -0.2) is 8.78 Å². The van der Waals surface area contributed by atoms with Crippen LogP contribution in [0.2, 0.25) is 0 Å². The van der Waals surface area contributed by atoms with E-state index in [1.165, 1.54) is 30.2 Å². The van der Waals surface area contributed by atoms with Crippen LogP contribution in [0.25, 0.3) is 0 Å². The summed E-state index contributed by atoms with van der Waals surface area (Å²) in [7, 11) is 0. The van der Waals surface area contributed by atoms with E-state index in [-0.39, 0.29) is 24.9 Å². The quantitative estimate of drug-likeness (QED) is 0.476. The molecule has 0 aliphatic heterocycles. The molecule has 3 atom stereocenters. The summed E-state index contributed by atoms with van der Waals surface area (Å²) in [4.78, 5) is 11.6. The fourth-order valence-corrected chi connectivity index (χ4v) is 3.75. The van der Waals surface area contributed by atoms with Gasteiger partial charge in [-0.1, -0.05) is 38.1 Å². The Labute approximate surface area is 184 Å². The number of amides is 1. The molecule has 0 spiro atoms. The zero-order valence-corrected chi connectivity index (χ0v) is 18.6. The Balaban J connectivity index is 1.94. The Morgan fingerprint density at radius 2 is 1.71 bits per heavy atom. The van der Waals surface area contributed by atoms with Gasteiger partial charge in [0.2, 0.25) is 5.91 Å². The normalized spacial score (nSPS) is 14.1. The van der Waals surface area contributed by atoms with Crippen molar-refractivity contribution in [1.82, 2.24) is 10.6 Å². The van der Waals surface area contributed by atoms with Gasteiger partial charge >= 0.3 is 0 Å². The van der Waals surface area contributed by atoms with Gasteiger partial charge in [0, 0.05) is 25.6 Å². The predicted octanol–water partition coefficient (Wildman–Crippen LogP) is 3.94. The van der Waals surface area contributed by atoms with Crippen LogP contribution in [-0.4, -0.2) is 35.7 Å². The van der Waals surface area contributed by atoms with Crippen LogP contribution in [0.1, 0.15) is 50.3 Å². The van der Waals surface area contributed by atoms with Crippen molar-refractivity contribution >= 4 is 5.91 Å². The molecule has 0 saturated heterocycles. The van der Waals surface area contributed by atoms with Gasteiger partial charge in [-0.05, 0) is 60.9 Å². The minimum Gasteiger partial charge on any atom is -0.390 e. The molecule has 6 heteroatoms. The maximum absolute atomic E-state index is 13.5. The van der Waals surface area contributed by atoms with E-state index >= 15 is 0 Å². The first-order valence-electron chi connectivity index (χ1n) is 11.0. The lowest BCUT2D eigenvalue weighted by molar-refractivity contribution is -0.120. The maximum Gasteiger partial charge on any atom is 0.217 e. The summed E-state index contributed by atoms with van der Waals surface area (Å²) in [5.74, 6) is -1.66. The van der Waals surface area contributed by atoms with Crippen molar-refractivity contribution in [3.8, 4) is 0 Å². The molecule has 31 heavy (non-hydrogen) atoms. The van der Waals surface area contributed by atoms with Crippen LogP contribution < -0.4 is 10.6 Å². The second kappa shape index (κ2) is 12.5. The molecular weight excluding hydrogens is 398 g/mol. The Morgan fingerprint density at radius 3 is 2.32 bits per heavy atom. The summed E-state index contributed by atoms with van der Waals surface area (Å²) in [5, 5.41) is 16.8. The molecule has 170 valence electrons. The highest BCUT2D eigenvalue weighted by Gasteiger charge is 2.22. The fraction of sp³-hybridized carbons (Fsp3) is 0.480. The van der Waals surface area contributed by atoms with Gasteiger partial charge in [0.1, 0.15) is 11.6 Å². The summed E-state index contributed by atoms with van der Waals surface area (Å²) in [6, 6.07) is 11.4. The topological polar surface area (TPSA) is 61.4 Å². The van der Waals surface area contributed by atoms with Crippen molar-refractivity contribution in [2.24, 2.45) is 0 Å². The number of carbonyl (C=O) groups is 1. The third-order valence-electron chi connectivity index (χ3n) is 5.52. The molecular formula is C25H34F2N2O2. The van der Waals surface area contributed by atoms with Gasteiger partial charge < -0.3 is 15.7 Å². The molecule has 0 aromatic heterocycles. The summed E-state index contributed by atoms with van der Waals surface area (Å²) in [6.07, 6.45) is 3.02. The lowest BCUT2D eigenvalue weighted by atomic mass is 9.99. The Kier molecular flexibility index (Phi) is 10.1. The van der Waals surface area contributed by atoms with Crippen molar-refractivity contribution in [2.45, 2.75) is 71.1 Å². The molecule has 0 radical (unpaired) electrons. The van der Waals surface area contributed by atoms with Crippen molar-refractivity contribution in [1.29, 1.82) is 0 Å². The van der Waals surface area contributed by atoms with Crippen LogP contribution in [0.3, 0.4) is 0 Å². The number of aliphatic hydroxyl groups excluding tert-OH is 1. The maximum atomic E-state index is 13.5. The van der Waals surface area contributed by atoms with Crippen LogP contribution in [0.4, 0.5) is 8.78 Å². The zero-order chi connectivity index (χ0) is 22.8. The number of aryl methyl sites for hydroxylation is 2. The number of hydrogen-bond acceptors (Lipinski definition) is 3. The van der Waals surface area contributed by atoms with Crippen molar-refractivity contribution in [2.75, 3.05) is 6.54 Å². The smallest absolute Gasteiger partial charge is 0.217 e. The molecule has 3 N–H and O–H groups in total. The third-order valence-corrected chi connectivity index (χ3v) is 5.52. The number of rotatable bonds is 12. The average Bonchev–Trinajstić information content (AvgIpc) is 2.72. The minimum atomic E-state index is -0.896. The highest BCUT2D eigenvalue weighted by atomic mass is 19.1. The lowest BCUT2D eigenvalue weighted by Gasteiger charge is -2.26. The number of carbonyl (C=O) groups excluding carboxylic acids is 1. The summed E-state index contributed by atoms with van der Waals surface area (Å²) < 4.78 is 27.0.